The van der Waals surface area contributed by atoms with E-state index in [0.717, 1.165) is 5.69 Å². The quantitative estimate of drug-likeness (QED) is 0.674. The Hall–Kier alpha value is -0.990. The summed E-state index contributed by atoms with van der Waals surface area (Å²) in [6.45, 7) is 0. The van der Waals surface area contributed by atoms with Crippen molar-refractivity contribution >= 4 is 6.01 Å². The largest absolute Gasteiger partial charge is 0.432 e. The smallest absolute Gasteiger partial charge is 0.294 e. The van der Waals surface area contributed by atoms with Gasteiger partial charge in [-0.15, -0.1) is 0 Å². The van der Waals surface area contributed by atoms with E-state index in [1.54, 1.807) is 6.26 Å². The molecular weight excluding hydrogens is 128 g/mol. The normalized spacial score (nSPS) is 17.3. The van der Waals surface area contributed by atoms with Crippen LogP contribution in [0.2, 0.25) is 0 Å². The van der Waals surface area contributed by atoms with Gasteiger partial charge in [-0.05, 0) is 12.8 Å². The number of hydrogen-bond donors (Lipinski definition) is 1. The fraction of sp³-hybridized carbons (Fsp3) is 0.571. The van der Waals surface area contributed by atoms with Gasteiger partial charge in [0.1, 0.15) is 6.26 Å². The van der Waals surface area contributed by atoms with Gasteiger partial charge in [-0.2, -0.15) is 4.98 Å². The second-order valence-electron chi connectivity index (χ2n) is 2.60. The van der Waals surface area contributed by atoms with Crippen molar-refractivity contribution in [1.82, 2.24) is 4.98 Å². The van der Waals surface area contributed by atoms with Crippen molar-refractivity contribution in [2.45, 2.75) is 18.8 Å². The van der Waals surface area contributed by atoms with E-state index >= 15 is 0 Å². The highest BCUT2D eigenvalue weighted by atomic mass is 16.4. The molecule has 0 radical (unpaired) electrons. The second kappa shape index (κ2) is 2.01. The summed E-state index contributed by atoms with van der Waals surface area (Å²) in [4.78, 5) is 4.21. The Kier molecular flexibility index (Phi) is 1.16. The van der Waals surface area contributed by atoms with E-state index in [9.17, 15) is 0 Å². The van der Waals surface area contributed by atoms with Crippen LogP contribution in [0.1, 0.15) is 24.5 Å². The molecule has 1 fully saturated rings. The number of oxazole rings is 1. The van der Waals surface area contributed by atoms with Crippen molar-refractivity contribution in [2.24, 2.45) is 0 Å². The molecule has 0 unspecified atom stereocenters. The van der Waals surface area contributed by atoms with Crippen LogP contribution in [0.3, 0.4) is 0 Å². The van der Waals surface area contributed by atoms with Gasteiger partial charge in [0.2, 0.25) is 0 Å². The molecule has 1 aliphatic rings. The van der Waals surface area contributed by atoms with Gasteiger partial charge in [0.15, 0.2) is 0 Å². The average molecular weight is 138 g/mol. The molecular formula is C7H10N2O. The van der Waals surface area contributed by atoms with Gasteiger partial charge in [-0.3, -0.25) is 0 Å². The Morgan fingerprint density at radius 2 is 2.50 bits per heavy atom. The zero-order valence-electron chi connectivity index (χ0n) is 5.92. The molecule has 10 heavy (non-hydrogen) atoms. The first-order valence-electron chi connectivity index (χ1n) is 3.53. The number of rotatable bonds is 2. The van der Waals surface area contributed by atoms with Crippen molar-refractivity contribution in [2.75, 3.05) is 12.4 Å². The highest BCUT2D eigenvalue weighted by Gasteiger charge is 2.26. The molecule has 3 nitrogen and oxygen atoms in total. The van der Waals surface area contributed by atoms with Crippen molar-refractivity contribution in [3.63, 3.8) is 0 Å². The fourth-order valence-electron chi connectivity index (χ4n) is 0.968. The lowest BCUT2D eigenvalue weighted by Crippen LogP contribution is -1.87. The molecule has 1 N–H and O–H groups in total. The summed E-state index contributed by atoms with van der Waals surface area (Å²) in [6, 6.07) is 0.627. The summed E-state index contributed by atoms with van der Waals surface area (Å²) in [6.07, 6.45) is 4.29. The van der Waals surface area contributed by atoms with Crippen LogP contribution >= 0.6 is 0 Å². The second-order valence-corrected chi connectivity index (χ2v) is 2.60. The molecule has 3 heteroatoms. The van der Waals surface area contributed by atoms with Crippen LogP contribution in [-0.4, -0.2) is 12.0 Å². The summed E-state index contributed by atoms with van der Waals surface area (Å²) in [5.74, 6) is 0.686. The van der Waals surface area contributed by atoms with Crippen LogP contribution in [-0.2, 0) is 0 Å². The molecule has 0 aromatic carbocycles. The predicted octanol–water partition coefficient (Wildman–Crippen LogP) is 1.59. The first-order valence-corrected chi connectivity index (χ1v) is 3.53. The first kappa shape index (κ1) is 5.77. The van der Waals surface area contributed by atoms with Crippen molar-refractivity contribution < 1.29 is 4.42 Å². The number of hydrogen-bond acceptors (Lipinski definition) is 3. The number of anilines is 1. The molecule has 0 amide bonds. The molecule has 2 rings (SSSR count). The highest BCUT2D eigenvalue weighted by Crippen LogP contribution is 2.39. The van der Waals surface area contributed by atoms with Crippen LogP contribution in [0, 0.1) is 0 Å². The van der Waals surface area contributed by atoms with Crippen LogP contribution in [0.5, 0.6) is 0 Å². The van der Waals surface area contributed by atoms with Crippen LogP contribution in [0.15, 0.2) is 10.7 Å². The van der Waals surface area contributed by atoms with Crippen molar-refractivity contribution in [1.29, 1.82) is 0 Å². The summed E-state index contributed by atoms with van der Waals surface area (Å²) < 4.78 is 5.09. The third kappa shape index (κ3) is 0.875. The summed E-state index contributed by atoms with van der Waals surface area (Å²) >= 11 is 0. The summed E-state index contributed by atoms with van der Waals surface area (Å²) in [7, 11) is 1.81. The van der Waals surface area contributed by atoms with E-state index in [-0.39, 0.29) is 0 Å². The maximum Gasteiger partial charge on any atom is 0.294 e. The molecule has 0 saturated heterocycles. The molecule has 0 aliphatic heterocycles. The minimum atomic E-state index is 0.627. The molecule has 1 aromatic heterocycles. The van der Waals surface area contributed by atoms with E-state index in [0.29, 0.717) is 11.9 Å². The standard InChI is InChI=1S/C7H10N2O/c1-8-7-9-6(4-10-7)5-2-3-5/h4-5H,2-3H2,1H3,(H,8,9). The van der Waals surface area contributed by atoms with Crippen LogP contribution in [0.25, 0.3) is 0 Å². The maximum atomic E-state index is 5.09. The van der Waals surface area contributed by atoms with Gasteiger partial charge in [0.05, 0.1) is 5.69 Å². The lowest BCUT2D eigenvalue weighted by molar-refractivity contribution is 0.573. The van der Waals surface area contributed by atoms with E-state index in [4.69, 9.17) is 4.42 Å². The van der Waals surface area contributed by atoms with Gasteiger partial charge in [-0.1, -0.05) is 0 Å². The molecule has 0 spiro atoms. The SMILES string of the molecule is CNc1nc(C2CC2)co1. The third-order valence-corrected chi connectivity index (χ3v) is 1.73. The molecule has 54 valence electrons. The highest BCUT2D eigenvalue weighted by molar-refractivity contribution is 5.23. The first-order chi connectivity index (χ1) is 4.90. The van der Waals surface area contributed by atoms with Crippen molar-refractivity contribution in [3.8, 4) is 0 Å². The minimum Gasteiger partial charge on any atom is -0.432 e. The van der Waals surface area contributed by atoms with Gasteiger partial charge in [0, 0.05) is 13.0 Å². The van der Waals surface area contributed by atoms with E-state index in [2.05, 4.69) is 10.3 Å². The van der Waals surface area contributed by atoms with Gasteiger partial charge >= 0.3 is 0 Å². The number of nitrogens with one attached hydrogen (secondary N) is 1. The Balaban J connectivity index is 2.19. The molecule has 1 saturated carbocycles. The lowest BCUT2D eigenvalue weighted by atomic mass is 10.3. The Labute approximate surface area is 59.4 Å². The Morgan fingerprint density at radius 3 is 3.00 bits per heavy atom. The molecule has 1 aromatic rings. The molecule has 1 heterocycles. The average Bonchev–Trinajstić information content (AvgIpc) is 2.70. The molecule has 0 atom stereocenters. The fourth-order valence-corrected chi connectivity index (χ4v) is 0.968. The zero-order chi connectivity index (χ0) is 6.97. The number of nitrogens with zero attached hydrogens (tertiary/aromatic N) is 1. The van der Waals surface area contributed by atoms with Gasteiger partial charge in [0.25, 0.3) is 6.01 Å². The summed E-state index contributed by atoms with van der Waals surface area (Å²) in [5.41, 5.74) is 1.10. The zero-order valence-corrected chi connectivity index (χ0v) is 5.92. The maximum absolute atomic E-state index is 5.09. The Morgan fingerprint density at radius 1 is 1.70 bits per heavy atom. The molecule has 1 aliphatic carbocycles. The van der Waals surface area contributed by atoms with Crippen LogP contribution in [0.4, 0.5) is 6.01 Å². The van der Waals surface area contributed by atoms with Crippen LogP contribution < -0.4 is 5.32 Å². The minimum absolute atomic E-state index is 0.627. The monoisotopic (exact) mass is 138 g/mol. The van der Waals surface area contributed by atoms with E-state index in [1.807, 2.05) is 7.05 Å². The summed E-state index contributed by atoms with van der Waals surface area (Å²) in [5, 5.41) is 2.85. The number of aromatic nitrogens is 1. The topological polar surface area (TPSA) is 38.1 Å². The van der Waals surface area contributed by atoms with Gasteiger partial charge < -0.3 is 9.73 Å². The van der Waals surface area contributed by atoms with E-state index in [1.165, 1.54) is 12.8 Å². The Bertz CT molecular complexity index is 227. The third-order valence-electron chi connectivity index (χ3n) is 1.73. The van der Waals surface area contributed by atoms with Crippen molar-refractivity contribution in [3.05, 3.63) is 12.0 Å². The molecule has 0 bridgehead atoms. The van der Waals surface area contributed by atoms with Gasteiger partial charge in [-0.25, -0.2) is 0 Å². The van der Waals surface area contributed by atoms with E-state index < -0.39 is 0 Å². The lowest BCUT2D eigenvalue weighted by Gasteiger charge is -1.85. The predicted molar refractivity (Wildman–Crippen MR) is 38.0 cm³/mol.